The molecule has 2 heterocycles. The Labute approximate surface area is 171 Å². The van der Waals surface area contributed by atoms with Crippen LogP contribution in [0.1, 0.15) is 28.7 Å². The summed E-state index contributed by atoms with van der Waals surface area (Å²) in [5.74, 6) is -0.0858. The Balaban J connectivity index is 1.80. The van der Waals surface area contributed by atoms with Crippen LogP contribution < -0.4 is 15.9 Å². The Morgan fingerprint density at radius 3 is 2.90 bits per heavy atom. The van der Waals surface area contributed by atoms with E-state index >= 15 is 0 Å². The second kappa shape index (κ2) is 9.00. The first-order valence-corrected chi connectivity index (χ1v) is 8.87. The fourth-order valence-electron chi connectivity index (χ4n) is 2.53. The van der Waals surface area contributed by atoms with E-state index < -0.39 is 5.91 Å². The molecule has 0 atom stereocenters. The number of carbonyl (C=O) groups is 1. The molecule has 13 heteroatoms. The summed E-state index contributed by atoms with van der Waals surface area (Å²) in [6.07, 6.45) is 1.41. The summed E-state index contributed by atoms with van der Waals surface area (Å²) >= 11 is 0. The number of nitrogens with zero attached hydrogens (tertiary/aromatic N) is 7. The van der Waals surface area contributed by atoms with Crippen molar-refractivity contribution in [3.05, 3.63) is 35.2 Å². The molecule has 0 unspecified atom stereocenters. The Morgan fingerprint density at radius 2 is 2.23 bits per heavy atom. The van der Waals surface area contributed by atoms with Gasteiger partial charge in [0.15, 0.2) is 17.2 Å². The normalized spacial score (nSPS) is 11.3. The summed E-state index contributed by atoms with van der Waals surface area (Å²) in [4.78, 5) is 14.4. The van der Waals surface area contributed by atoms with Gasteiger partial charge in [0.2, 0.25) is 11.6 Å². The Hall–Kier alpha value is -4.00. The SMILES string of the molecule is CCOc1cc(/C=N\NC(=O)c2nnn(-c3nonc3N)c2CN(C)C)ccc1O. The summed E-state index contributed by atoms with van der Waals surface area (Å²) in [5.41, 5.74) is 9.22. The number of phenols is 1. The van der Waals surface area contributed by atoms with Crippen molar-refractivity contribution < 1.29 is 19.3 Å². The van der Waals surface area contributed by atoms with Crippen molar-refractivity contribution in [1.82, 2.24) is 35.6 Å². The molecule has 158 valence electrons. The largest absolute Gasteiger partial charge is 0.504 e. The van der Waals surface area contributed by atoms with E-state index in [9.17, 15) is 9.90 Å². The lowest BCUT2D eigenvalue weighted by atomic mass is 10.2. The molecule has 3 aromatic rings. The highest BCUT2D eigenvalue weighted by atomic mass is 16.6. The number of benzene rings is 1. The summed E-state index contributed by atoms with van der Waals surface area (Å²) in [7, 11) is 3.64. The lowest BCUT2D eigenvalue weighted by molar-refractivity contribution is 0.0948. The van der Waals surface area contributed by atoms with Crippen LogP contribution in [0.25, 0.3) is 5.82 Å². The third kappa shape index (κ3) is 4.52. The molecule has 1 aromatic carbocycles. The van der Waals surface area contributed by atoms with Gasteiger partial charge in [-0.2, -0.15) is 9.78 Å². The van der Waals surface area contributed by atoms with E-state index in [1.54, 1.807) is 12.1 Å². The molecule has 4 N–H and O–H groups in total. The first kappa shape index (κ1) is 20.7. The van der Waals surface area contributed by atoms with Crippen molar-refractivity contribution in [3.63, 3.8) is 0 Å². The quantitative estimate of drug-likeness (QED) is 0.340. The molecule has 0 bridgehead atoms. The van der Waals surface area contributed by atoms with Gasteiger partial charge < -0.3 is 20.5 Å². The molecule has 0 aliphatic carbocycles. The minimum absolute atomic E-state index is 0.0160. The van der Waals surface area contributed by atoms with E-state index in [0.717, 1.165) is 0 Å². The predicted octanol–water partition coefficient (Wildman–Crippen LogP) is 0.162. The van der Waals surface area contributed by atoms with Gasteiger partial charge in [0, 0.05) is 6.54 Å². The highest BCUT2D eigenvalue weighted by molar-refractivity contribution is 5.94. The molecular weight excluding hydrogens is 394 g/mol. The number of anilines is 1. The molecule has 0 radical (unpaired) electrons. The molecule has 30 heavy (non-hydrogen) atoms. The highest BCUT2D eigenvalue weighted by Crippen LogP contribution is 2.26. The van der Waals surface area contributed by atoms with Crippen LogP contribution in [0.3, 0.4) is 0 Å². The number of ether oxygens (including phenoxy) is 1. The van der Waals surface area contributed by atoms with Crippen LogP contribution >= 0.6 is 0 Å². The van der Waals surface area contributed by atoms with Crippen LogP contribution in [0.15, 0.2) is 27.9 Å². The van der Waals surface area contributed by atoms with Gasteiger partial charge in [0.05, 0.1) is 18.5 Å². The number of nitrogens with two attached hydrogens (primary N) is 1. The number of hydrogen-bond acceptors (Lipinski definition) is 11. The molecule has 2 aromatic heterocycles. The fourth-order valence-corrected chi connectivity index (χ4v) is 2.53. The van der Waals surface area contributed by atoms with Crippen molar-refractivity contribution in [2.45, 2.75) is 13.5 Å². The number of phenolic OH excluding ortho intramolecular Hbond substituents is 1. The van der Waals surface area contributed by atoms with Gasteiger partial charge in [0.25, 0.3) is 5.91 Å². The monoisotopic (exact) mass is 415 g/mol. The third-order valence-electron chi connectivity index (χ3n) is 3.80. The van der Waals surface area contributed by atoms with Gasteiger partial charge in [-0.3, -0.25) is 4.79 Å². The molecular formula is C17H21N9O4. The third-order valence-corrected chi connectivity index (χ3v) is 3.80. The molecule has 0 fully saturated rings. The average molecular weight is 415 g/mol. The van der Waals surface area contributed by atoms with E-state index in [0.29, 0.717) is 30.2 Å². The van der Waals surface area contributed by atoms with Gasteiger partial charge in [-0.25, -0.2) is 10.1 Å². The van der Waals surface area contributed by atoms with Gasteiger partial charge in [-0.15, -0.1) is 5.10 Å². The number of nitrogen functional groups attached to an aromatic ring is 1. The number of nitrogens with one attached hydrogen (secondary N) is 1. The Bertz CT molecular complexity index is 1060. The minimum atomic E-state index is -0.576. The molecule has 13 nitrogen and oxygen atoms in total. The van der Waals surface area contributed by atoms with Crippen molar-refractivity contribution in [1.29, 1.82) is 0 Å². The van der Waals surface area contributed by atoms with Crippen molar-refractivity contribution >= 4 is 17.9 Å². The highest BCUT2D eigenvalue weighted by Gasteiger charge is 2.24. The maximum absolute atomic E-state index is 12.6. The Morgan fingerprint density at radius 1 is 1.43 bits per heavy atom. The second-order valence-corrected chi connectivity index (χ2v) is 6.37. The lowest BCUT2D eigenvalue weighted by Gasteiger charge is -2.11. The maximum Gasteiger partial charge on any atom is 0.293 e. The van der Waals surface area contributed by atoms with Crippen LogP contribution in [-0.4, -0.2) is 68.1 Å². The molecule has 0 spiro atoms. The van der Waals surface area contributed by atoms with E-state index in [2.05, 4.69) is 35.8 Å². The van der Waals surface area contributed by atoms with Crippen LogP contribution in [0.5, 0.6) is 11.5 Å². The van der Waals surface area contributed by atoms with Crippen molar-refractivity contribution in [2.75, 3.05) is 26.4 Å². The number of rotatable bonds is 8. The second-order valence-electron chi connectivity index (χ2n) is 6.37. The molecule has 0 saturated heterocycles. The van der Waals surface area contributed by atoms with Crippen molar-refractivity contribution in [3.8, 4) is 17.3 Å². The first-order chi connectivity index (χ1) is 14.4. The van der Waals surface area contributed by atoms with Crippen LogP contribution in [0, 0.1) is 0 Å². The smallest absolute Gasteiger partial charge is 0.293 e. The van der Waals surface area contributed by atoms with Crippen LogP contribution in [-0.2, 0) is 6.54 Å². The fraction of sp³-hybridized carbons (Fsp3) is 0.294. The van der Waals surface area contributed by atoms with Gasteiger partial charge in [0.1, 0.15) is 0 Å². The standard InChI is InChI=1S/C17H21N9O4/c1-4-29-13-7-10(5-6-12(13)27)8-19-21-17(28)14-11(9-25(2)3)26(24-20-14)16-15(18)22-30-23-16/h5-8,27H,4,9H2,1-3H3,(H2,18,22)(H,21,28)/b19-8-. The predicted molar refractivity (Wildman–Crippen MR) is 105 cm³/mol. The number of hydrazone groups is 1. The lowest BCUT2D eigenvalue weighted by Crippen LogP contribution is -2.23. The number of carbonyl (C=O) groups excluding carboxylic acids is 1. The minimum Gasteiger partial charge on any atom is -0.504 e. The molecule has 3 rings (SSSR count). The number of aromatic nitrogens is 5. The van der Waals surface area contributed by atoms with E-state index in [4.69, 9.17) is 10.5 Å². The number of hydrogen-bond donors (Lipinski definition) is 3. The zero-order valence-corrected chi connectivity index (χ0v) is 16.6. The first-order valence-electron chi connectivity index (χ1n) is 8.87. The zero-order chi connectivity index (χ0) is 21.7. The molecule has 0 aliphatic heterocycles. The average Bonchev–Trinajstić information content (AvgIpc) is 3.29. The summed E-state index contributed by atoms with van der Waals surface area (Å²) in [5, 5.41) is 28.8. The van der Waals surface area contributed by atoms with E-state index in [1.807, 2.05) is 25.9 Å². The number of aromatic hydroxyl groups is 1. The van der Waals surface area contributed by atoms with Gasteiger partial charge in [-0.1, -0.05) is 5.21 Å². The number of amides is 1. The van der Waals surface area contributed by atoms with Crippen LogP contribution in [0.2, 0.25) is 0 Å². The van der Waals surface area contributed by atoms with Crippen molar-refractivity contribution in [2.24, 2.45) is 5.10 Å². The van der Waals surface area contributed by atoms with E-state index in [-0.39, 0.29) is 23.1 Å². The summed E-state index contributed by atoms with van der Waals surface area (Å²) < 4.78 is 11.2. The maximum atomic E-state index is 12.6. The molecule has 1 amide bonds. The van der Waals surface area contributed by atoms with Gasteiger partial charge >= 0.3 is 0 Å². The summed E-state index contributed by atoms with van der Waals surface area (Å²) in [6, 6.07) is 4.70. The van der Waals surface area contributed by atoms with Gasteiger partial charge in [-0.05, 0) is 55.1 Å². The van der Waals surface area contributed by atoms with Crippen LogP contribution in [0.4, 0.5) is 5.82 Å². The molecule has 0 saturated carbocycles. The molecule has 0 aliphatic rings. The topological polar surface area (TPSA) is 170 Å². The van der Waals surface area contributed by atoms with E-state index in [1.165, 1.54) is 17.0 Å². The Kier molecular flexibility index (Phi) is 6.22. The summed E-state index contributed by atoms with van der Waals surface area (Å²) in [6.45, 7) is 2.53. The zero-order valence-electron chi connectivity index (χ0n) is 16.6.